The Morgan fingerprint density at radius 1 is 1.22 bits per heavy atom. The fourth-order valence-corrected chi connectivity index (χ4v) is 2.72. The quantitative estimate of drug-likeness (QED) is 0.701. The summed E-state index contributed by atoms with van der Waals surface area (Å²) >= 11 is 0. The molecule has 1 atom stereocenters. The van der Waals surface area contributed by atoms with Crippen molar-refractivity contribution in [1.82, 2.24) is 15.6 Å². The van der Waals surface area contributed by atoms with E-state index >= 15 is 0 Å². The van der Waals surface area contributed by atoms with Crippen LogP contribution in [0.15, 0.2) is 36.5 Å². The van der Waals surface area contributed by atoms with E-state index in [1.807, 2.05) is 30.3 Å². The van der Waals surface area contributed by atoms with Crippen molar-refractivity contribution in [3.05, 3.63) is 42.1 Å². The summed E-state index contributed by atoms with van der Waals surface area (Å²) in [5.41, 5.74) is 1.91. The fraction of sp³-hybridized carbons (Fsp3) is 0.444. The number of nitrogens with zero attached hydrogens (tertiary/aromatic N) is 1. The largest absolute Gasteiger partial charge is 0.396 e. The van der Waals surface area contributed by atoms with Gasteiger partial charge in [0.05, 0.1) is 5.52 Å². The Kier molecular flexibility index (Phi) is 6.81. The summed E-state index contributed by atoms with van der Waals surface area (Å²) in [6.45, 7) is 3.31. The molecule has 1 unspecified atom stereocenters. The van der Waals surface area contributed by atoms with Crippen molar-refractivity contribution in [1.29, 1.82) is 0 Å². The van der Waals surface area contributed by atoms with Crippen molar-refractivity contribution in [3.63, 3.8) is 0 Å². The van der Waals surface area contributed by atoms with E-state index in [-0.39, 0.29) is 12.6 Å². The van der Waals surface area contributed by atoms with Crippen molar-refractivity contribution >= 4 is 16.9 Å². The Labute approximate surface area is 137 Å². The van der Waals surface area contributed by atoms with Gasteiger partial charge in [0.2, 0.25) is 0 Å². The molecule has 2 aromatic rings. The highest BCUT2D eigenvalue weighted by Gasteiger charge is 2.09. The topological polar surface area (TPSA) is 74.2 Å². The highest BCUT2D eigenvalue weighted by Crippen LogP contribution is 2.15. The van der Waals surface area contributed by atoms with Crippen LogP contribution in [0.3, 0.4) is 0 Å². The first kappa shape index (κ1) is 17.2. The third kappa shape index (κ3) is 5.21. The van der Waals surface area contributed by atoms with E-state index in [2.05, 4.69) is 22.5 Å². The van der Waals surface area contributed by atoms with Gasteiger partial charge in [-0.25, -0.2) is 4.79 Å². The van der Waals surface area contributed by atoms with Crippen LogP contribution in [-0.2, 0) is 6.54 Å². The molecule has 0 spiro atoms. The average molecular weight is 315 g/mol. The maximum atomic E-state index is 12.0. The van der Waals surface area contributed by atoms with Crippen molar-refractivity contribution in [2.24, 2.45) is 5.92 Å². The Balaban J connectivity index is 1.86. The Hall–Kier alpha value is -2.14. The predicted octanol–water partition coefficient (Wildman–Crippen LogP) is 2.83. The SMILES string of the molecule is CCCC(CCO)CNC(=O)NCc1cccc2cccnc12. The van der Waals surface area contributed by atoms with Crippen molar-refractivity contribution in [2.75, 3.05) is 13.2 Å². The predicted molar refractivity (Wildman–Crippen MR) is 92.1 cm³/mol. The van der Waals surface area contributed by atoms with Crippen LogP contribution in [0.5, 0.6) is 0 Å². The maximum Gasteiger partial charge on any atom is 0.315 e. The molecule has 0 aliphatic rings. The number of hydrogen-bond acceptors (Lipinski definition) is 3. The van der Waals surface area contributed by atoms with E-state index in [0.29, 0.717) is 19.0 Å². The van der Waals surface area contributed by atoms with E-state index in [0.717, 1.165) is 35.7 Å². The molecule has 5 nitrogen and oxygen atoms in total. The second-order valence-electron chi connectivity index (χ2n) is 5.72. The Bertz CT molecular complexity index is 619. The average Bonchev–Trinajstić information content (AvgIpc) is 2.58. The molecule has 1 aromatic heterocycles. The van der Waals surface area contributed by atoms with Crippen LogP contribution in [0.2, 0.25) is 0 Å². The lowest BCUT2D eigenvalue weighted by Crippen LogP contribution is -2.38. The minimum absolute atomic E-state index is 0.162. The van der Waals surface area contributed by atoms with Crippen molar-refractivity contribution in [2.45, 2.75) is 32.7 Å². The number of urea groups is 1. The molecule has 0 saturated carbocycles. The van der Waals surface area contributed by atoms with E-state index in [9.17, 15) is 4.79 Å². The van der Waals surface area contributed by atoms with Crippen LogP contribution in [0, 0.1) is 5.92 Å². The molecule has 5 heteroatoms. The highest BCUT2D eigenvalue weighted by molar-refractivity contribution is 5.82. The zero-order valence-corrected chi connectivity index (χ0v) is 13.6. The highest BCUT2D eigenvalue weighted by atomic mass is 16.3. The third-order valence-electron chi connectivity index (χ3n) is 3.94. The molecule has 0 fully saturated rings. The van der Waals surface area contributed by atoms with E-state index in [4.69, 9.17) is 5.11 Å². The molecule has 1 aromatic carbocycles. The molecule has 0 bridgehead atoms. The summed E-state index contributed by atoms with van der Waals surface area (Å²) in [5.74, 6) is 0.329. The number of amides is 2. The molecule has 2 amide bonds. The number of para-hydroxylation sites is 1. The third-order valence-corrected chi connectivity index (χ3v) is 3.94. The van der Waals surface area contributed by atoms with Gasteiger partial charge < -0.3 is 15.7 Å². The summed E-state index contributed by atoms with van der Waals surface area (Å²) < 4.78 is 0. The molecule has 124 valence electrons. The van der Waals surface area contributed by atoms with Gasteiger partial charge in [-0.1, -0.05) is 37.6 Å². The van der Waals surface area contributed by atoms with E-state index in [1.54, 1.807) is 6.20 Å². The number of nitrogens with one attached hydrogen (secondary N) is 2. The number of hydrogen-bond donors (Lipinski definition) is 3. The van der Waals surface area contributed by atoms with Crippen LogP contribution >= 0.6 is 0 Å². The first-order chi connectivity index (χ1) is 11.2. The van der Waals surface area contributed by atoms with E-state index in [1.165, 1.54) is 0 Å². The number of rotatable bonds is 8. The van der Waals surface area contributed by atoms with Gasteiger partial charge in [0.15, 0.2) is 0 Å². The second-order valence-corrected chi connectivity index (χ2v) is 5.72. The number of aromatic nitrogens is 1. The number of fused-ring (bicyclic) bond motifs is 1. The van der Waals surface area contributed by atoms with Crippen LogP contribution in [0.4, 0.5) is 4.79 Å². The lowest BCUT2D eigenvalue weighted by molar-refractivity contribution is 0.229. The summed E-state index contributed by atoms with van der Waals surface area (Å²) in [7, 11) is 0. The normalized spacial score (nSPS) is 12.1. The second kappa shape index (κ2) is 9.10. The lowest BCUT2D eigenvalue weighted by Gasteiger charge is -2.16. The van der Waals surface area contributed by atoms with Crippen LogP contribution < -0.4 is 10.6 Å². The minimum Gasteiger partial charge on any atom is -0.396 e. The summed E-state index contributed by atoms with van der Waals surface area (Å²) in [4.78, 5) is 16.3. The number of aliphatic hydroxyl groups is 1. The molecule has 0 radical (unpaired) electrons. The van der Waals surface area contributed by atoms with Crippen LogP contribution in [0.1, 0.15) is 31.7 Å². The summed E-state index contributed by atoms with van der Waals surface area (Å²) in [6, 6.07) is 9.68. The van der Waals surface area contributed by atoms with Crippen molar-refractivity contribution in [3.8, 4) is 0 Å². The molecule has 3 N–H and O–H groups in total. The Morgan fingerprint density at radius 2 is 2.04 bits per heavy atom. The molecule has 0 aliphatic heterocycles. The van der Waals surface area contributed by atoms with E-state index < -0.39 is 0 Å². The van der Waals surface area contributed by atoms with Gasteiger partial charge in [-0.2, -0.15) is 0 Å². The molecule has 23 heavy (non-hydrogen) atoms. The molecule has 2 rings (SSSR count). The fourth-order valence-electron chi connectivity index (χ4n) is 2.72. The number of benzene rings is 1. The van der Waals surface area contributed by atoms with Gasteiger partial charge in [-0.3, -0.25) is 4.98 Å². The smallest absolute Gasteiger partial charge is 0.315 e. The van der Waals surface area contributed by atoms with Gasteiger partial charge >= 0.3 is 6.03 Å². The molecular formula is C18H25N3O2. The lowest BCUT2D eigenvalue weighted by atomic mass is 10.0. The minimum atomic E-state index is -0.183. The molecule has 1 heterocycles. The molecule has 0 aliphatic carbocycles. The molecular weight excluding hydrogens is 290 g/mol. The summed E-state index contributed by atoms with van der Waals surface area (Å²) in [6.07, 6.45) is 4.54. The number of carbonyl (C=O) groups is 1. The molecule has 0 saturated heterocycles. The van der Waals surface area contributed by atoms with Gasteiger partial charge in [-0.15, -0.1) is 0 Å². The first-order valence-corrected chi connectivity index (χ1v) is 8.19. The van der Waals surface area contributed by atoms with Gasteiger partial charge in [0.25, 0.3) is 0 Å². The van der Waals surface area contributed by atoms with Crippen LogP contribution in [-0.4, -0.2) is 29.3 Å². The summed E-state index contributed by atoms with van der Waals surface area (Å²) in [5, 5.41) is 15.9. The maximum absolute atomic E-state index is 12.0. The van der Waals surface area contributed by atoms with Crippen molar-refractivity contribution < 1.29 is 9.90 Å². The standard InChI is InChI=1S/C18H25N3O2/c1-2-5-14(9-11-22)12-20-18(23)21-13-16-7-3-6-15-8-4-10-19-17(15)16/h3-4,6-8,10,14,22H,2,5,9,11-13H2,1H3,(H2,20,21,23). The van der Waals surface area contributed by atoms with Gasteiger partial charge in [0.1, 0.15) is 0 Å². The van der Waals surface area contributed by atoms with Gasteiger partial charge in [0, 0.05) is 31.3 Å². The number of pyridine rings is 1. The Morgan fingerprint density at radius 3 is 2.83 bits per heavy atom. The number of carbonyl (C=O) groups excluding carboxylic acids is 1. The zero-order chi connectivity index (χ0) is 16.5. The van der Waals surface area contributed by atoms with Crippen LogP contribution in [0.25, 0.3) is 10.9 Å². The first-order valence-electron chi connectivity index (χ1n) is 8.19. The van der Waals surface area contributed by atoms with Gasteiger partial charge in [-0.05, 0) is 30.4 Å². The monoisotopic (exact) mass is 315 g/mol. The number of aliphatic hydroxyl groups excluding tert-OH is 1. The zero-order valence-electron chi connectivity index (χ0n) is 13.6.